The van der Waals surface area contributed by atoms with Crippen LogP contribution in [-0.4, -0.2) is 62.9 Å². The minimum absolute atomic E-state index is 0.207. The molecule has 3 amide bonds. The van der Waals surface area contributed by atoms with Gasteiger partial charge in [-0.25, -0.2) is 9.48 Å². The number of aryl methyl sites for hydroxylation is 1. The second-order valence-electron chi connectivity index (χ2n) is 7.59. The molecule has 166 valence electrons. The lowest BCUT2D eigenvalue weighted by molar-refractivity contribution is 0.0665. The Bertz CT molecular complexity index is 1170. The van der Waals surface area contributed by atoms with Crippen molar-refractivity contribution in [1.82, 2.24) is 24.8 Å². The zero-order chi connectivity index (χ0) is 22.8. The molecule has 1 aliphatic rings. The summed E-state index contributed by atoms with van der Waals surface area (Å²) in [7, 11) is 0. The third kappa shape index (κ3) is 4.56. The number of urea groups is 1. The van der Waals surface area contributed by atoms with Gasteiger partial charge in [0, 0.05) is 41.9 Å². The van der Waals surface area contributed by atoms with E-state index in [0.717, 1.165) is 11.3 Å². The van der Waals surface area contributed by atoms with Crippen molar-refractivity contribution < 1.29 is 9.59 Å². The number of anilines is 1. The molecule has 10 heteroatoms. The van der Waals surface area contributed by atoms with Gasteiger partial charge in [-0.1, -0.05) is 40.5 Å². The van der Waals surface area contributed by atoms with Gasteiger partial charge >= 0.3 is 6.03 Å². The molecule has 8 nitrogen and oxygen atoms in total. The van der Waals surface area contributed by atoms with Crippen LogP contribution in [0.15, 0.2) is 42.5 Å². The molecule has 1 aromatic heterocycles. The molecule has 0 aliphatic carbocycles. The number of halogens is 2. The zero-order valence-electron chi connectivity index (χ0n) is 17.7. The largest absolute Gasteiger partial charge is 0.334 e. The number of aromatic nitrogens is 3. The molecule has 2 aromatic carbocycles. The van der Waals surface area contributed by atoms with E-state index in [4.69, 9.17) is 23.2 Å². The molecule has 0 saturated carbocycles. The maximum Gasteiger partial charge on any atom is 0.321 e. The smallest absolute Gasteiger partial charge is 0.321 e. The first kappa shape index (κ1) is 22.1. The molecule has 0 unspecified atom stereocenters. The van der Waals surface area contributed by atoms with Crippen molar-refractivity contribution >= 4 is 40.8 Å². The van der Waals surface area contributed by atoms with Crippen molar-refractivity contribution in [2.75, 3.05) is 31.5 Å². The van der Waals surface area contributed by atoms with Crippen molar-refractivity contribution in [3.05, 3.63) is 69.5 Å². The number of nitrogens with zero attached hydrogens (tertiary/aromatic N) is 5. The topological polar surface area (TPSA) is 83.4 Å². The van der Waals surface area contributed by atoms with E-state index in [1.165, 1.54) is 0 Å². The number of nitrogens with one attached hydrogen (secondary N) is 1. The average molecular weight is 473 g/mol. The van der Waals surface area contributed by atoms with Crippen LogP contribution in [0.5, 0.6) is 0 Å². The van der Waals surface area contributed by atoms with Gasteiger partial charge in [-0.15, -0.1) is 5.10 Å². The molecule has 3 aromatic rings. The second-order valence-corrected chi connectivity index (χ2v) is 8.43. The molecule has 2 heterocycles. The molecular formula is C22H22Cl2N6O2. The van der Waals surface area contributed by atoms with Gasteiger partial charge in [0.15, 0.2) is 5.69 Å². The standard InChI is InChI=1S/C22H22Cl2N6O2/c1-14-6-7-17(13-19(14)24)25-22(32)29-10-8-28(9-11-29)21(31)20-15(2)30(27-26-20)18-5-3-4-16(23)12-18/h3-7,12-13H,8-11H2,1-2H3,(H,25,32). The quantitative estimate of drug-likeness (QED) is 0.619. The number of carbonyl (C=O) groups is 2. The molecule has 1 saturated heterocycles. The van der Waals surface area contributed by atoms with Crippen molar-refractivity contribution in [1.29, 1.82) is 0 Å². The fraction of sp³-hybridized carbons (Fsp3) is 0.273. The second kappa shape index (κ2) is 9.18. The first-order chi connectivity index (χ1) is 15.3. The number of benzene rings is 2. The minimum Gasteiger partial charge on any atom is -0.334 e. The van der Waals surface area contributed by atoms with E-state index in [1.807, 2.05) is 31.2 Å². The van der Waals surface area contributed by atoms with E-state index in [-0.39, 0.29) is 17.6 Å². The van der Waals surface area contributed by atoms with Gasteiger partial charge in [0.2, 0.25) is 0 Å². The van der Waals surface area contributed by atoms with Gasteiger partial charge in [0.25, 0.3) is 5.91 Å². The van der Waals surface area contributed by atoms with Crippen LogP contribution in [0.2, 0.25) is 10.0 Å². The lowest BCUT2D eigenvalue weighted by atomic mass is 10.2. The van der Waals surface area contributed by atoms with E-state index in [0.29, 0.717) is 47.6 Å². The van der Waals surface area contributed by atoms with Gasteiger partial charge in [-0.05, 0) is 49.7 Å². The van der Waals surface area contributed by atoms with Crippen LogP contribution < -0.4 is 5.32 Å². The molecule has 1 fully saturated rings. The Labute approximate surface area is 195 Å². The number of piperazine rings is 1. The van der Waals surface area contributed by atoms with E-state index >= 15 is 0 Å². The average Bonchev–Trinajstić information content (AvgIpc) is 3.17. The predicted octanol–water partition coefficient (Wildman–Crippen LogP) is 4.18. The van der Waals surface area contributed by atoms with Gasteiger partial charge in [-0.3, -0.25) is 4.79 Å². The van der Waals surface area contributed by atoms with E-state index in [9.17, 15) is 9.59 Å². The van der Waals surface area contributed by atoms with Crippen molar-refractivity contribution in [3.63, 3.8) is 0 Å². The van der Waals surface area contributed by atoms with Crippen LogP contribution in [0, 0.1) is 13.8 Å². The molecule has 1 aliphatic heterocycles. The highest BCUT2D eigenvalue weighted by Crippen LogP contribution is 2.21. The third-order valence-corrected chi connectivity index (χ3v) is 6.07. The lowest BCUT2D eigenvalue weighted by Gasteiger charge is -2.34. The maximum atomic E-state index is 13.0. The van der Waals surface area contributed by atoms with E-state index < -0.39 is 0 Å². The summed E-state index contributed by atoms with van der Waals surface area (Å²) in [5, 5.41) is 12.2. The summed E-state index contributed by atoms with van der Waals surface area (Å²) in [6, 6.07) is 12.4. The Morgan fingerprint density at radius 2 is 1.69 bits per heavy atom. The van der Waals surface area contributed by atoms with E-state index in [2.05, 4.69) is 15.6 Å². The summed E-state index contributed by atoms with van der Waals surface area (Å²) < 4.78 is 1.59. The van der Waals surface area contributed by atoms with Crippen LogP contribution in [0.3, 0.4) is 0 Å². The number of hydrogen-bond acceptors (Lipinski definition) is 4. The van der Waals surface area contributed by atoms with Crippen LogP contribution >= 0.6 is 23.2 Å². The lowest BCUT2D eigenvalue weighted by Crippen LogP contribution is -2.51. The van der Waals surface area contributed by atoms with Crippen molar-refractivity contribution in [2.45, 2.75) is 13.8 Å². The highest BCUT2D eigenvalue weighted by molar-refractivity contribution is 6.31. The molecule has 1 N–H and O–H groups in total. The maximum absolute atomic E-state index is 13.0. The number of carbonyl (C=O) groups excluding carboxylic acids is 2. The molecule has 0 radical (unpaired) electrons. The Hall–Kier alpha value is -3.10. The summed E-state index contributed by atoms with van der Waals surface area (Å²) in [5.74, 6) is -0.207. The Morgan fingerprint density at radius 3 is 2.38 bits per heavy atom. The normalized spacial score (nSPS) is 13.9. The van der Waals surface area contributed by atoms with Crippen molar-refractivity contribution in [3.8, 4) is 5.69 Å². The fourth-order valence-electron chi connectivity index (χ4n) is 3.52. The Balaban J connectivity index is 1.38. The van der Waals surface area contributed by atoms with Gasteiger partial charge in [0.05, 0.1) is 11.4 Å². The first-order valence-electron chi connectivity index (χ1n) is 10.1. The minimum atomic E-state index is -0.222. The van der Waals surface area contributed by atoms with E-state index in [1.54, 1.807) is 39.6 Å². The van der Waals surface area contributed by atoms with Crippen LogP contribution in [0.1, 0.15) is 21.7 Å². The van der Waals surface area contributed by atoms with Crippen LogP contribution in [0.25, 0.3) is 5.69 Å². The molecule has 32 heavy (non-hydrogen) atoms. The van der Waals surface area contributed by atoms with Crippen LogP contribution in [0.4, 0.5) is 10.5 Å². The Morgan fingerprint density at radius 1 is 0.969 bits per heavy atom. The fourth-order valence-corrected chi connectivity index (χ4v) is 3.88. The highest BCUT2D eigenvalue weighted by atomic mass is 35.5. The summed E-state index contributed by atoms with van der Waals surface area (Å²) >= 11 is 12.2. The number of hydrogen-bond donors (Lipinski definition) is 1. The SMILES string of the molecule is Cc1ccc(NC(=O)N2CCN(C(=O)c3nnn(-c4cccc(Cl)c4)c3C)CC2)cc1Cl. The van der Waals surface area contributed by atoms with Crippen LogP contribution in [-0.2, 0) is 0 Å². The highest BCUT2D eigenvalue weighted by Gasteiger charge is 2.28. The molecular weight excluding hydrogens is 451 g/mol. The molecule has 0 atom stereocenters. The predicted molar refractivity (Wildman–Crippen MR) is 124 cm³/mol. The molecule has 0 spiro atoms. The summed E-state index contributed by atoms with van der Waals surface area (Å²) in [6.07, 6.45) is 0. The number of rotatable bonds is 3. The molecule has 4 rings (SSSR count). The molecule has 0 bridgehead atoms. The van der Waals surface area contributed by atoms with Gasteiger partial charge < -0.3 is 15.1 Å². The Kier molecular flexibility index (Phi) is 6.34. The van der Waals surface area contributed by atoms with Crippen molar-refractivity contribution in [2.24, 2.45) is 0 Å². The summed E-state index contributed by atoms with van der Waals surface area (Å²) in [4.78, 5) is 29.0. The van der Waals surface area contributed by atoms with Gasteiger partial charge in [0.1, 0.15) is 0 Å². The summed E-state index contributed by atoms with van der Waals surface area (Å²) in [6.45, 7) is 5.34. The zero-order valence-corrected chi connectivity index (χ0v) is 19.2. The first-order valence-corrected chi connectivity index (χ1v) is 10.9. The number of amides is 3. The van der Waals surface area contributed by atoms with Gasteiger partial charge in [-0.2, -0.15) is 0 Å². The third-order valence-electron chi connectivity index (χ3n) is 5.43. The summed E-state index contributed by atoms with van der Waals surface area (Å²) in [5.41, 5.74) is 3.24. The monoisotopic (exact) mass is 472 g/mol.